The molecule has 0 unspecified atom stereocenters. The fourth-order valence-electron chi connectivity index (χ4n) is 0.756. The molecule has 4 heteroatoms. The highest BCUT2D eigenvalue weighted by Gasteiger charge is 2.10. The first-order chi connectivity index (χ1) is 4.70. The van der Waals surface area contributed by atoms with Gasteiger partial charge in [0.2, 0.25) is 0 Å². The zero-order valence-electron chi connectivity index (χ0n) is 5.66. The second-order valence-electron chi connectivity index (χ2n) is 2.09. The van der Waals surface area contributed by atoms with E-state index < -0.39 is 5.97 Å². The van der Waals surface area contributed by atoms with Crippen molar-refractivity contribution in [1.82, 2.24) is 4.98 Å². The molecule has 4 nitrogen and oxygen atoms in total. The van der Waals surface area contributed by atoms with Gasteiger partial charge in [-0.3, -0.25) is 4.79 Å². The maximum Gasteiger partial charge on any atom is 0.315 e. The minimum Gasteiger partial charge on any atom is -0.481 e. The topological polar surface area (TPSA) is 57.0 Å². The van der Waals surface area contributed by atoms with Crippen LogP contribution in [-0.2, 0) is 18.3 Å². The summed E-state index contributed by atoms with van der Waals surface area (Å²) >= 11 is 0. The van der Waals surface area contributed by atoms with E-state index in [4.69, 9.17) is 5.11 Å². The molecule has 0 amide bonds. The van der Waals surface area contributed by atoms with E-state index in [1.165, 1.54) is 0 Å². The van der Waals surface area contributed by atoms with Gasteiger partial charge in [-0.1, -0.05) is 0 Å². The van der Waals surface area contributed by atoms with Crippen molar-refractivity contribution in [1.29, 1.82) is 0 Å². The largest absolute Gasteiger partial charge is 0.481 e. The third-order valence-electron chi connectivity index (χ3n) is 1.29. The quantitative estimate of drug-likeness (QED) is 0.544. The molecule has 0 aliphatic carbocycles. The van der Waals surface area contributed by atoms with Crippen molar-refractivity contribution in [3.8, 4) is 0 Å². The van der Waals surface area contributed by atoms with Crippen LogP contribution >= 0.6 is 0 Å². The first-order valence-corrected chi connectivity index (χ1v) is 2.94. The van der Waals surface area contributed by atoms with Gasteiger partial charge in [-0.15, -0.1) is 0 Å². The second kappa shape index (κ2) is 2.51. The lowest BCUT2D eigenvalue weighted by Gasteiger charge is -1.87. The molecule has 10 heavy (non-hydrogen) atoms. The molecule has 0 atom stereocenters. The van der Waals surface area contributed by atoms with Gasteiger partial charge in [0, 0.05) is 0 Å². The van der Waals surface area contributed by atoms with Crippen LogP contribution in [0.15, 0.2) is 12.4 Å². The molecule has 2 N–H and O–H groups in total. The zero-order chi connectivity index (χ0) is 7.56. The lowest BCUT2D eigenvalue weighted by molar-refractivity contribution is -0.677. The number of aromatic nitrogens is 2. The van der Waals surface area contributed by atoms with E-state index in [1.54, 1.807) is 24.0 Å². The normalized spacial score (nSPS) is 9.70. The van der Waals surface area contributed by atoms with E-state index in [0.29, 0.717) is 5.82 Å². The smallest absolute Gasteiger partial charge is 0.315 e. The molecule has 0 bridgehead atoms. The maximum atomic E-state index is 10.2. The summed E-state index contributed by atoms with van der Waals surface area (Å²) < 4.78 is 1.74. The van der Waals surface area contributed by atoms with Crippen LogP contribution in [0.25, 0.3) is 0 Å². The number of nitrogens with zero attached hydrogens (tertiary/aromatic N) is 1. The Kier molecular flexibility index (Phi) is 1.71. The molecule has 1 heterocycles. The zero-order valence-corrected chi connectivity index (χ0v) is 5.66. The number of aliphatic carboxylic acids is 1. The van der Waals surface area contributed by atoms with Crippen molar-refractivity contribution in [2.24, 2.45) is 7.05 Å². The Bertz CT molecular complexity index is 242. The summed E-state index contributed by atoms with van der Waals surface area (Å²) in [6.07, 6.45) is 3.53. The molecular formula is C6H9N2O2+. The third kappa shape index (κ3) is 1.34. The van der Waals surface area contributed by atoms with Crippen molar-refractivity contribution in [2.45, 2.75) is 6.42 Å². The number of imidazole rings is 1. The van der Waals surface area contributed by atoms with E-state index in [1.807, 2.05) is 0 Å². The summed E-state index contributed by atoms with van der Waals surface area (Å²) in [6, 6.07) is 0. The molecule has 0 aromatic carbocycles. The highest BCUT2D eigenvalue weighted by molar-refractivity contribution is 5.68. The van der Waals surface area contributed by atoms with Crippen LogP contribution in [0.2, 0.25) is 0 Å². The van der Waals surface area contributed by atoms with Crippen LogP contribution in [0.5, 0.6) is 0 Å². The molecule has 0 fully saturated rings. The molecule has 1 aromatic heterocycles. The predicted octanol–water partition coefficient (Wildman–Crippen LogP) is -0.534. The second-order valence-corrected chi connectivity index (χ2v) is 2.09. The molecule has 0 aliphatic rings. The molecule has 0 aliphatic heterocycles. The van der Waals surface area contributed by atoms with Crippen molar-refractivity contribution in [2.75, 3.05) is 0 Å². The summed E-state index contributed by atoms with van der Waals surface area (Å²) in [5.74, 6) is -0.120. The number of carboxylic acids is 1. The Morgan fingerprint density at radius 2 is 2.60 bits per heavy atom. The van der Waals surface area contributed by atoms with Crippen molar-refractivity contribution in [3.05, 3.63) is 18.2 Å². The molecule has 0 saturated heterocycles. The number of hydrogen-bond acceptors (Lipinski definition) is 1. The molecule has 1 rings (SSSR count). The van der Waals surface area contributed by atoms with E-state index in [9.17, 15) is 4.79 Å². The first kappa shape index (κ1) is 6.80. The van der Waals surface area contributed by atoms with Gasteiger partial charge in [-0.25, -0.2) is 9.55 Å². The molecule has 54 valence electrons. The van der Waals surface area contributed by atoms with Crippen molar-refractivity contribution >= 4 is 5.97 Å². The van der Waals surface area contributed by atoms with Gasteiger partial charge in [0.1, 0.15) is 18.8 Å². The van der Waals surface area contributed by atoms with Crippen LogP contribution < -0.4 is 4.57 Å². The van der Waals surface area contributed by atoms with Crippen molar-refractivity contribution < 1.29 is 14.5 Å². The minimum absolute atomic E-state index is 0.0451. The fraction of sp³-hybridized carbons (Fsp3) is 0.333. The minimum atomic E-state index is -0.821. The number of carboxylic acid groups (broad SMARTS) is 1. The van der Waals surface area contributed by atoms with Gasteiger partial charge >= 0.3 is 5.97 Å². The predicted molar refractivity (Wildman–Crippen MR) is 33.3 cm³/mol. The van der Waals surface area contributed by atoms with E-state index >= 15 is 0 Å². The molecule has 1 aromatic rings. The van der Waals surface area contributed by atoms with Crippen LogP contribution in [0.1, 0.15) is 5.82 Å². The third-order valence-corrected chi connectivity index (χ3v) is 1.29. The van der Waals surface area contributed by atoms with Crippen LogP contribution in [0.4, 0.5) is 0 Å². The van der Waals surface area contributed by atoms with E-state index in [0.717, 1.165) is 0 Å². The SMILES string of the molecule is C[n+]1cc[nH]c1CC(=O)O. The van der Waals surface area contributed by atoms with Gasteiger partial charge in [0.25, 0.3) is 5.82 Å². The maximum absolute atomic E-state index is 10.2. The standard InChI is InChI=1S/C6H8N2O2/c1-8-3-2-7-5(8)4-6(9)10/h2-3H,4H2,1H3,(H,9,10)/p+1. The summed E-state index contributed by atoms with van der Waals surface area (Å²) in [4.78, 5) is 13.0. The number of rotatable bonds is 2. The molecule has 0 radical (unpaired) electrons. The molecule has 0 saturated carbocycles. The number of hydrogen-bond donors (Lipinski definition) is 2. The Morgan fingerprint density at radius 3 is 3.00 bits per heavy atom. The number of aryl methyl sites for hydroxylation is 1. The fourth-order valence-corrected chi connectivity index (χ4v) is 0.756. The van der Waals surface area contributed by atoms with Crippen LogP contribution in [0, 0.1) is 0 Å². The Labute approximate surface area is 58.1 Å². The Balaban J connectivity index is 2.74. The highest BCUT2D eigenvalue weighted by Crippen LogP contribution is 1.85. The lowest BCUT2D eigenvalue weighted by atomic mass is 10.4. The Hall–Kier alpha value is -1.32. The van der Waals surface area contributed by atoms with Crippen molar-refractivity contribution in [3.63, 3.8) is 0 Å². The van der Waals surface area contributed by atoms with Gasteiger partial charge in [0.15, 0.2) is 0 Å². The monoisotopic (exact) mass is 141 g/mol. The molecule has 0 spiro atoms. The van der Waals surface area contributed by atoms with Gasteiger partial charge in [-0.2, -0.15) is 0 Å². The number of carbonyl (C=O) groups is 1. The van der Waals surface area contributed by atoms with E-state index in [2.05, 4.69) is 4.98 Å². The summed E-state index contributed by atoms with van der Waals surface area (Å²) in [6.45, 7) is 0. The van der Waals surface area contributed by atoms with Gasteiger partial charge in [-0.05, 0) is 0 Å². The summed E-state index contributed by atoms with van der Waals surface area (Å²) in [5.41, 5.74) is 0. The van der Waals surface area contributed by atoms with Gasteiger partial charge in [0.05, 0.1) is 7.05 Å². The highest BCUT2D eigenvalue weighted by atomic mass is 16.4. The lowest BCUT2D eigenvalue weighted by Crippen LogP contribution is -2.31. The van der Waals surface area contributed by atoms with Gasteiger partial charge < -0.3 is 5.11 Å². The summed E-state index contributed by atoms with van der Waals surface area (Å²) in [7, 11) is 1.80. The molecular weight excluding hydrogens is 132 g/mol. The summed E-state index contributed by atoms with van der Waals surface area (Å²) in [5, 5.41) is 8.38. The first-order valence-electron chi connectivity index (χ1n) is 2.94. The van der Waals surface area contributed by atoms with Crippen LogP contribution in [0.3, 0.4) is 0 Å². The average molecular weight is 141 g/mol. The number of H-pyrrole nitrogens is 1. The number of aromatic amines is 1. The Morgan fingerprint density at radius 1 is 1.90 bits per heavy atom. The average Bonchev–Trinajstić information content (AvgIpc) is 2.15. The number of nitrogens with one attached hydrogen (secondary N) is 1. The van der Waals surface area contributed by atoms with Crippen LogP contribution in [-0.4, -0.2) is 16.1 Å². The van der Waals surface area contributed by atoms with E-state index in [-0.39, 0.29) is 6.42 Å².